The van der Waals surface area contributed by atoms with Gasteiger partial charge in [-0.1, -0.05) is 207 Å². The molecule has 64 heavy (non-hydrogen) atoms. The Balaban J connectivity index is 4.30. The van der Waals surface area contributed by atoms with Crippen molar-refractivity contribution in [3.63, 3.8) is 0 Å². The van der Waals surface area contributed by atoms with E-state index < -0.39 is 6.10 Å². The van der Waals surface area contributed by atoms with E-state index in [0.29, 0.717) is 19.3 Å². The molecule has 1 unspecified atom stereocenters. The highest BCUT2D eigenvalue weighted by Crippen LogP contribution is 2.13. The number of allylic oxidation sites excluding steroid dienone is 18. The first-order valence-corrected chi connectivity index (χ1v) is 25.9. The number of carbonyl (C=O) groups is 3. The molecule has 0 aromatic heterocycles. The summed E-state index contributed by atoms with van der Waals surface area (Å²) in [5.74, 6) is -0.992. The summed E-state index contributed by atoms with van der Waals surface area (Å²) in [6.45, 7) is 6.35. The van der Waals surface area contributed by atoms with Gasteiger partial charge in [0.2, 0.25) is 0 Å². The second-order valence-electron chi connectivity index (χ2n) is 16.7. The second-order valence-corrected chi connectivity index (χ2v) is 16.7. The van der Waals surface area contributed by atoms with Gasteiger partial charge in [-0.05, 0) is 103 Å². The minimum absolute atomic E-state index is 0.102. The molecule has 0 aliphatic carbocycles. The normalized spacial score (nSPS) is 13.0. The van der Waals surface area contributed by atoms with Crippen LogP contribution in [0.2, 0.25) is 0 Å². The first-order valence-electron chi connectivity index (χ1n) is 25.9. The zero-order chi connectivity index (χ0) is 46.5. The van der Waals surface area contributed by atoms with Crippen molar-refractivity contribution in [1.29, 1.82) is 0 Å². The zero-order valence-corrected chi connectivity index (χ0v) is 41.3. The maximum atomic E-state index is 12.7. The van der Waals surface area contributed by atoms with E-state index in [9.17, 15) is 14.4 Å². The molecule has 0 aromatic carbocycles. The van der Waals surface area contributed by atoms with Crippen molar-refractivity contribution in [2.24, 2.45) is 0 Å². The summed E-state index contributed by atoms with van der Waals surface area (Å²) in [6, 6.07) is 0. The Hall–Kier alpha value is -3.93. The summed E-state index contributed by atoms with van der Waals surface area (Å²) in [4.78, 5) is 37.7. The standard InChI is InChI=1S/C58H94O6/c1-4-7-10-13-15-17-19-21-23-25-27-28-29-30-31-33-34-36-38-40-42-45-48-51-57(60)63-54-55(53-62-56(59)50-47-44-12-9-6-3)64-58(61)52-49-46-43-41-39-37-35-32-26-24-22-20-18-16-14-11-8-5-2/h7,10,15,17-18,20-21,23-24,26-28,30-31,34,36,40,42,55H,4-6,8-9,11-14,16,19,22,25,29,32-33,35,37-39,41,43-54H2,1-3H3/b10-7-,17-15-,20-18-,23-21-,26-24-,28-27-,31-30-,36-34-,42-40-. The van der Waals surface area contributed by atoms with Crippen molar-refractivity contribution in [3.05, 3.63) is 109 Å². The van der Waals surface area contributed by atoms with Crippen molar-refractivity contribution in [3.8, 4) is 0 Å². The molecule has 0 saturated heterocycles. The Morgan fingerprint density at radius 3 is 1.03 bits per heavy atom. The molecule has 0 spiro atoms. The average Bonchev–Trinajstić information content (AvgIpc) is 3.29. The van der Waals surface area contributed by atoms with Crippen LogP contribution in [0.5, 0.6) is 0 Å². The molecule has 0 N–H and O–H groups in total. The number of unbranched alkanes of at least 4 members (excludes halogenated alkanes) is 16. The molecule has 0 radical (unpaired) electrons. The molecule has 362 valence electrons. The SMILES string of the molecule is CC/C=C\C/C=C\C/C=C\C/C=C\C/C=C\C/C=C\C/C=C\CCCC(=O)OCC(COC(=O)CCCCCCC)OC(=O)CCCCCCCCC/C=C\C/C=C\CCCCCC. The van der Waals surface area contributed by atoms with Gasteiger partial charge in [0.05, 0.1) is 0 Å². The van der Waals surface area contributed by atoms with Gasteiger partial charge in [0.25, 0.3) is 0 Å². The highest BCUT2D eigenvalue weighted by atomic mass is 16.6. The molecule has 0 saturated carbocycles. The summed E-state index contributed by atoms with van der Waals surface area (Å²) in [5.41, 5.74) is 0. The van der Waals surface area contributed by atoms with Gasteiger partial charge in [-0.3, -0.25) is 14.4 Å². The lowest BCUT2D eigenvalue weighted by atomic mass is 10.1. The van der Waals surface area contributed by atoms with Gasteiger partial charge >= 0.3 is 17.9 Å². The van der Waals surface area contributed by atoms with Gasteiger partial charge in [-0.25, -0.2) is 0 Å². The van der Waals surface area contributed by atoms with E-state index in [-0.39, 0.29) is 37.5 Å². The molecule has 1 atom stereocenters. The molecule has 0 aromatic rings. The first kappa shape index (κ1) is 60.1. The summed E-state index contributed by atoms with van der Waals surface area (Å²) in [7, 11) is 0. The fourth-order valence-corrected chi connectivity index (χ4v) is 6.64. The van der Waals surface area contributed by atoms with Crippen LogP contribution in [0.3, 0.4) is 0 Å². The predicted molar refractivity (Wildman–Crippen MR) is 274 cm³/mol. The zero-order valence-electron chi connectivity index (χ0n) is 41.3. The molecule has 0 aliphatic heterocycles. The largest absolute Gasteiger partial charge is 0.462 e. The van der Waals surface area contributed by atoms with E-state index in [1.807, 2.05) is 0 Å². The van der Waals surface area contributed by atoms with Crippen LogP contribution >= 0.6 is 0 Å². The number of ether oxygens (including phenoxy) is 3. The molecule has 0 rings (SSSR count). The third-order valence-electron chi connectivity index (χ3n) is 10.5. The van der Waals surface area contributed by atoms with Gasteiger partial charge in [0, 0.05) is 19.3 Å². The summed E-state index contributed by atoms with van der Waals surface area (Å²) >= 11 is 0. The molecular formula is C58H94O6. The van der Waals surface area contributed by atoms with Crippen LogP contribution in [0.25, 0.3) is 0 Å². The molecular weight excluding hydrogens is 793 g/mol. The van der Waals surface area contributed by atoms with Crippen LogP contribution < -0.4 is 0 Å². The van der Waals surface area contributed by atoms with Gasteiger partial charge < -0.3 is 14.2 Å². The predicted octanol–water partition coefficient (Wildman–Crippen LogP) is 17.1. The van der Waals surface area contributed by atoms with Crippen LogP contribution in [0.4, 0.5) is 0 Å². The first-order chi connectivity index (χ1) is 31.5. The van der Waals surface area contributed by atoms with Crippen molar-refractivity contribution >= 4 is 17.9 Å². The maximum Gasteiger partial charge on any atom is 0.306 e. The van der Waals surface area contributed by atoms with Gasteiger partial charge in [0.15, 0.2) is 6.10 Å². The maximum absolute atomic E-state index is 12.7. The lowest BCUT2D eigenvalue weighted by Gasteiger charge is -2.18. The molecule has 6 heteroatoms. The number of rotatable bonds is 45. The van der Waals surface area contributed by atoms with E-state index in [1.165, 1.54) is 57.8 Å². The minimum atomic E-state index is -0.803. The average molecular weight is 887 g/mol. The lowest BCUT2D eigenvalue weighted by Crippen LogP contribution is -2.30. The van der Waals surface area contributed by atoms with Crippen molar-refractivity contribution < 1.29 is 28.6 Å². The number of hydrogen-bond acceptors (Lipinski definition) is 6. The van der Waals surface area contributed by atoms with Crippen LogP contribution in [-0.4, -0.2) is 37.2 Å². The van der Waals surface area contributed by atoms with Crippen LogP contribution in [0.15, 0.2) is 109 Å². The Bertz CT molecular complexity index is 1340. The van der Waals surface area contributed by atoms with Crippen LogP contribution in [0, 0.1) is 0 Å². The van der Waals surface area contributed by atoms with Gasteiger partial charge in [-0.15, -0.1) is 0 Å². The summed E-state index contributed by atoms with van der Waals surface area (Å²) in [5, 5.41) is 0. The third kappa shape index (κ3) is 49.1. The highest BCUT2D eigenvalue weighted by molar-refractivity contribution is 5.71. The smallest absolute Gasteiger partial charge is 0.306 e. The summed E-state index contributed by atoms with van der Waals surface area (Å²) in [6.07, 6.45) is 69.7. The highest BCUT2D eigenvalue weighted by Gasteiger charge is 2.19. The Kier molecular flexibility index (Phi) is 48.5. The monoisotopic (exact) mass is 887 g/mol. The van der Waals surface area contributed by atoms with Crippen molar-refractivity contribution in [2.75, 3.05) is 13.2 Å². The fraction of sp³-hybridized carbons (Fsp3) is 0.638. The molecule has 0 aliphatic rings. The van der Waals surface area contributed by atoms with Crippen LogP contribution in [-0.2, 0) is 28.6 Å². The molecule has 6 nitrogen and oxygen atoms in total. The quantitative estimate of drug-likeness (QED) is 0.0262. The topological polar surface area (TPSA) is 78.9 Å². The number of carbonyl (C=O) groups excluding carboxylic acids is 3. The fourth-order valence-electron chi connectivity index (χ4n) is 6.64. The van der Waals surface area contributed by atoms with E-state index in [1.54, 1.807) is 0 Å². The molecule has 0 bridgehead atoms. The van der Waals surface area contributed by atoms with Gasteiger partial charge in [0.1, 0.15) is 13.2 Å². The van der Waals surface area contributed by atoms with E-state index >= 15 is 0 Å². The number of hydrogen-bond donors (Lipinski definition) is 0. The van der Waals surface area contributed by atoms with Gasteiger partial charge in [-0.2, -0.15) is 0 Å². The summed E-state index contributed by atoms with van der Waals surface area (Å²) < 4.78 is 16.6. The van der Waals surface area contributed by atoms with E-state index in [4.69, 9.17) is 14.2 Å². The van der Waals surface area contributed by atoms with Crippen molar-refractivity contribution in [2.45, 2.75) is 226 Å². The van der Waals surface area contributed by atoms with E-state index in [2.05, 4.69) is 130 Å². The number of esters is 3. The molecule has 0 amide bonds. The Morgan fingerprint density at radius 2 is 0.625 bits per heavy atom. The molecule has 0 heterocycles. The van der Waals surface area contributed by atoms with E-state index in [0.717, 1.165) is 116 Å². The second kappa shape index (κ2) is 51.7. The Morgan fingerprint density at radius 1 is 0.328 bits per heavy atom. The van der Waals surface area contributed by atoms with Crippen LogP contribution in [0.1, 0.15) is 220 Å². The third-order valence-corrected chi connectivity index (χ3v) is 10.5. The Labute approximate surface area is 393 Å². The lowest BCUT2D eigenvalue weighted by molar-refractivity contribution is -0.167. The molecule has 0 fully saturated rings. The van der Waals surface area contributed by atoms with Crippen molar-refractivity contribution in [1.82, 2.24) is 0 Å². The minimum Gasteiger partial charge on any atom is -0.462 e.